The number of aryl methyl sites for hydroxylation is 3. The number of hydrogen-bond acceptors (Lipinski definition) is 5. The molecule has 2 rings (SSSR count). The minimum atomic E-state index is 0.0360. The Balaban J connectivity index is 2.18. The summed E-state index contributed by atoms with van der Waals surface area (Å²) in [4.78, 5) is 4.54. The summed E-state index contributed by atoms with van der Waals surface area (Å²) in [5.74, 6) is 0.669. The Morgan fingerprint density at radius 1 is 1.16 bits per heavy atom. The molecule has 0 aliphatic heterocycles. The van der Waals surface area contributed by atoms with Gasteiger partial charge in [-0.1, -0.05) is 5.21 Å². The molecule has 19 heavy (non-hydrogen) atoms. The first-order chi connectivity index (χ1) is 8.99. The molecule has 0 amide bonds. The van der Waals surface area contributed by atoms with Crippen LogP contribution in [0.3, 0.4) is 0 Å². The average molecular weight is 260 g/mol. The van der Waals surface area contributed by atoms with Crippen LogP contribution in [0.25, 0.3) is 0 Å². The molecule has 0 bridgehead atoms. The summed E-state index contributed by atoms with van der Waals surface area (Å²) in [5.41, 5.74) is 4.61. The van der Waals surface area contributed by atoms with E-state index in [1.165, 1.54) is 11.1 Å². The van der Waals surface area contributed by atoms with Gasteiger partial charge < -0.3 is 5.32 Å². The minimum absolute atomic E-state index is 0.0360. The maximum atomic E-state index is 4.54. The van der Waals surface area contributed by atoms with Crippen LogP contribution in [0, 0.1) is 20.8 Å². The lowest BCUT2D eigenvalue weighted by Crippen LogP contribution is -2.25. The van der Waals surface area contributed by atoms with E-state index < -0.39 is 0 Å². The van der Waals surface area contributed by atoms with Crippen LogP contribution < -0.4 is 5.32 Å². The van der Waals surface area contributed by atoms with Crippen molar-refractivity contribution in [1.29, 1.82) is 0 Å². The molecule has 0 aliphatic carbocycles. The molecule has 2 aromatic heterocycles. The number of hydrogen-bond donors (Lipinski definition) is 2. The monoisotopic (exact) mass is 260 g/mol. The van der Waals surface area contributed by atoms with Gasteiger partial charge >= 0.3 is 0 Å². The van der Waals surface area contributed by atoms with Crippen LogP contribution in [0.5, 0.6) is 0 Å². The van der Waals surface area contributed by atoms with Crippen molar-refractivity contribution in [1.82, 2.24) is 30.9 Å². The van der Waals surface area contributed by atoms with Crippen molar-refractivity contribution in [3.05, 3.63) is 34.4 Å². The smallest absolute Gasteiger partial charge is 0.191 e. The van der Waals surface area contributed by atoms with Crippen molar-refractivity contribution >= 4 is 0 Å². The number of nitrogens with one attached hydrogen (secondary N) is 2. The molecule has 2 N–H and O–H groups in total. The zero-order chi connectivity index (χ0) is 14.0. The minimum Gasteiger partial charge on any atom is -0.301 e. The molecule has 0 radical (unpaired) electrons. The van der Waals surface area contributed by atoms with Gasteiger partial charge in [0.25, 0.3) is 0 Å². The van der Waals surface area contributed by atoms with E-state index in [0.29, 0.717) is 5.82 Å². The highest BCUT2D eigenvalue weighted by Gasteiger charge is 2.18. The molecule has 2 unspecified atom stereocenters. The number of nitrogens with zero attached hydrogens (tertiary/aromatic N) is 4. The molecular weight excluding hydrogens is 240 g/mol. The fourth-order valence-electron chi connectivity index (χ4n) is 2.57. The first kappa shape index (κ1) is 13.6. The zero-order valence-electron chi connectivity index (χ0n) is 12.0. The Kier molecular flexibility index (Phi) is 3.90. The standard InChI is InChI=1S/C13H20N6/c1-7-6-8(2)14-9(3)12(7)10(4)15-11(5)13-16-18-19-17-13/h6,10-11,15H,1-5H3,(H,16,17,18,19). The molecule has 2 atom stereocenters. The zero-order valence-corrected chi connectivity index (χ0v) is 12.0. The number of tetrazole rings is 1. The van der Waals surface area contributed by atoms with E-state index in [0.717, 1.165) is 11.4 Å². The summed E-state index contributed by atoms with van der Waals surface area (Å²) in [6.45, 7) is 10.3. The Labute approximate surface area is 113 Å². The third-order valence-corrected chi connectivity index (χ3v) is 3.27. The number of rotatable bonds is 4. The van der Waals surface area contributed by atoms with E-state index in [4.69, 9.17) is 0 Å². The van der Waals surface area contributed by atoms with E-state index in [1.807, 2.05) is 20.8 Å². The molecule has 2 aromatic rings. The third kappa shape index (κ3) is 2.96. The van der Waals surface area contributed by atoms with E-state index in [2.05, 4.69) is 50.8 Å². The Bertz CT molecular complexity index is 525. The topological polar surface area (TPSA) is 79.4 Å². The quantitative estimate of drug-likeness (QED) is 0.878. The van der Waals surface area contributed by atoms with Gasteiger partial charge in [0.15, 0.2) is 5.82 Å². The van der Waals surface area contributed by atoms with Gasteiger partial charge in [-0.15, -0.1) is 10.2 Å². The lowest BCUT2D eigenvalue weighted by molar-refractivity contribution is 0.473. The van der Waals surface area contributed by atoms with Gasteiger partial charge in [0, 0.05) is 17.4 Å². The summed E-state index contributed by atoms with van der Waals surface area (Å²) in [7, 11) is 0. The number of aromatic nitrogens is 5. The number of H-pyrrole nitrogens is 1. The van der Waals surface area contributed by atoms with Crippen molar-refractivity contribution in [2.45, 2.75) is 46.7 Å². The largest absolute Gasteiger partial charge is 0.301 e. The predicted molar refractivity (Wildman–Crippen MR) is 72.6 cm³/mol. The highest BCUT2D eigenvalue weighted by Crippen LogP contribution is 2.23. The summed E-state index contributed by atoms with van der Waals surface area (Å²) in [6, 6.07) is 2.33. The second-order valence-corrected chi connectivity index (χ2v) is 4.96. The molecule has 6 heteroatoms. The van der Waals surface area contributed by atoms with Crippen LogP contribution >= 0.6 is 0 Å². The third-order valence-electron chi connectivity index (χ3n) is 3.27. The Hall–Kier alpha value is -1.82. The van der Waals surface area contributed by atoms with Crippen LogP contribution in [-0.4, -0.2) is 25.6 Å². The normalized spacial score (nSPS) is 14.4. The molecule has 0 aliphatic rings. The van der Waals surface area contributed by atoms with Crippen LogP contribution in [0.2, 0.25) is 0 Å². The lowest BCUT2D eigenvalue weighted by atomic mass is 10.00. The van der Waals surface area contributed by atoms with Crippen molar-refractivity contribution in [3.8, 4) is 0 Å². The van der Waals surface area contributed by atoms with Crippen LogP contribution in [-0.2, 0) is 0 Å². The van der Waals surface area contributed by atoms with Crippen LogP contribution in [0.4, 0.5) is 0 Å². The molecule has 2 heterocycles. The summed E-state index contributed by atoms with van der Waals surface area (Å²) < 4.78 is 0. The molecule has 0 saturated heterocycles. The van der Waals surface area contributed by atoms with E-state index >= 15 is 0 Å². The summed E-state index contributed by atoms with van der Waals surface area (Å²) in [5, 5.41) is 17.5. The molecule has 0 spiro atoms. The lowest BCUT2D eigenvalue weighted by Gasteiger charge is -2.21. The summed E-state index contributed by atoms with van der Waals surface area (Å²) >= 11 is 0. The SMILES string of the molecule is Cc1cc(C)c(C(C)NC(C)c2nn[nH]n2)c(C)n1. The average Bonchev–Trinajstić information content (AvgIpc) is 2.80. The van der Waals surface area contributed by atoms with Crippen molar-refractivity contribution in [3.63, 3.8) is 0 Å². The molecule has 0 aromatic carbocycles. The van der Waals surface area contributed by atoms with E-state index in [-0.39, 0.29) is 12.1 Å². The van der Waals surface area contributed by atoms with Crippen molar-refractivity contribution < 1.29 is 0 Å². The first-order valence-electron chi connectivity index (χ1n) is 6.43. The molecule has 102 valence electrons. The van der Waals surface area contributed by atoms with Crippen LogP contribution in [0.1, 0.15) is 54.3 Å². The van der Waals surface area contributed by atoms with Crippen molar-refractivity contribution in [2.75, 3.05) is 0 Å². The second kappa shape index (κ2) is 5.44. The van der Waals surface area contributed by atoms with Gasteiger partial charge in [-0.2, -0.15) is 5.21 Å². The highest BCUT2D eigenvalue weighted by molar-refractivity contribution is 5.33. The highest BCUT2D eigenvalue weighted by atomic mass is 15.5. The van der Waals surface area contributed by atoms with Gasteiger partial charge in [0.05, 0.1) is 6.04 Å². The Morgan fingerprint density at radius 3 is 2.47 bits per heavy atom. The fourth-order valence-corrected chi connectivity index (χ4v) is 2.57. The molecule has 0 fully saturated rings. The maximum Gasteiger partial charge on any atom is 0.191 e. The maximum absolute atomic E-state index is 4.54. The number of pyridine rings is 1. The molecular formula is C13H20N6. The van der Waals surface area contributed by atoms with Gasteiger partial charge in [-0.05, 0) is 51.8 Å². The molecule has 0 saturated carbocycles. The molecule has 6 nitrogen and oxygen atoms in total. The predicted octanol–water partition coefficient (Wildman–Crippen LogP) is 1.93. The van der Waals surface area contributed by atoms with Gasteiger partial charge in [-0.25, -0.2) is 0 Å². The first-order valence-corrected chi connectivity index (χ1v) is 6.43. The van der Waals surface area contributed by atoms with Gasteiger partial charge in [-0.3, -0.25) is 4.98 Å². The Morgan fingerprint density at radius 2 is 1.89 bits per heavy atom. The van der Waals surface area contributed by atoms with Crippen molar-refractivity contribution in [2.24, 2.45) is 0 Å². The fraction of sp³-hybridized carbons (Fsp3) is 0.538. The van der Waals surface area contributed by atoms with E-state index in [1.54, 1.807) is 0 Å². The number of aromatic amines is 1. The summed E-state index contributed by atoms with van der Waals surface area (Å²) in [6.07, 6.45) is 0. The van der Waals surface area contributed by atoms with Crippen LogP contribution in [0.15, 0.2) is 6.07 Å². The second-order valence-electron chi connectivity index (χ2n) is 4.96. The van der Waals surface area contributed by atoms with E-state index in [9.17, 15) is 0 Å². The van der Waals surface area contributed by atoms with Gasteiger partial charge in [0.2, 0.25) is 0 Å². The van der Waals surface area contributed by atoms with Gasteiger partial charge in [0.1, 0.15) is 0 Å².